The lowest BCUT2D eigenvalue weighted by atomic mass is 9.90. The van der Waals surface area contributed by atoms with Crippen molar-refractivity contribution in [3.05, 3.63) is 66.4 Å². The summed E-state index contributed by atoms with van der Waals surface area (Å²) in [5, 5.41) is 5.52. The van der Waals surface area contributed by atoms with Gasteiger partial charge in [-0.3, -0.25) is 4.90 Å². The van der Waals surface area contributed by atoms with Crippen LogP contribution in [0.4, 0.5) is 5.82 Å². The number of benzene rings is 1. The van der Waals surface area contributed by atoms with Gasteiger partial charge in [-0.15, -0.1) is 0 Å². The molecule has 0 spiro atoms. The molecule has 0 aliphatic carbocycles. The fourth-order valence-electron chi connectivity index (χ4n) is 5.22. The summed E-state index contributed by atoms with van der Waals surface area (Å²) in [7, 11) is 4.14. The number of fused-ring (bicyclic) bond motifs is 6. The Morgan fingerprint density at radius 1 is 1.12 bits per heavy atom. The van der Waals surface area contributed by atoms with Gasteiger partial charge in [0, 0.05) is 72.2 Å². The van der Waals surface area contributed by atoms with E-state index in [4.69, 9.17) is 9.97 Å². The number of nitrogens with zero attached hydrogens (tertiary/aromatic N) is 5. The Bertz CT molecular complexity index is 1450. The van der Waals surface area contributed by atoms with Gasteiger partial charge in [0.1, 0.15) is 17.8 Å². The van der Waals surface area contributed by atoms with Gasteiger partial charge in [-0.25, -0.2) is 15.0 Å². The predicted molar refractivity (Wildman–Crippen MR) is 134 cm³/mol. The minimum absolute atomic E-state index is 0.146. The Morgan fingerprint density at radius 3 is 2.82 bits per heavy atom. The number of H-pyrrole nitrogens is 1. The lowest BCUT2D eigenvalue weighted by molar-refractivity contribution is 0.250. The molecule has 2 aliphatic rings. The zero-order valence-electron chi connectivity index (χ0n) is 19.2. The maximum atomic E-state index is 4.77. The quantitative estimate of drug-likeness (QED) is 0.472. The van der Waals surface area contributed by atoms with E-state index in [2.05, 4.69) is 69.9 Å². The van der Waals surface area contributed by atoms with Crippen molar-refractivity contribution >= 4 is 33.3 Å². The van der Waals surface area contributed by atoms with Crippen molar-refractivity contribution in [1.82, 2.24) is 30.2 Å². The van der Waals surface area contributed by atoms with E-state index in [1.807, 2.05) is 19.4 Å². The molecule has 0 radical (unpaired) electrons. The molecule has 7 heteroatoms. The molecule has 0 amide bonds. The second-order valence-corrected chi connectivity index (χ2v) is 8.97. The van der Waals surface area contributed by atoms with Crippen molar-refractivity contribution in [2.75, 3.05) is 38.6 Å². The average Bonchev–Trinajstić information content (AvgIpc) is 3.26. The number of nitrogens with one attached hydrogen (secondary N) is 2. The Hall–Kier alpha value is -3.71. The third kappa shape index (κ3) is 3.03. The van der Waals surface area contributed by atoms with Crippen LogP contribution in [0.3, 0.4) is 0 Å². The number of hydrogen-bond acceptors (Lipinski definition) is 6. The van der Waals surface area contributed by atoms with Gasteiger partial charge in [0.15, 0.2) is 0 Å². The summed E-state index contributed by atoms with van der Waals surface area (Å²) >= 11 is 0. The smallest absolute Gasteiger partial charge is 0.140 e. The summed E-state index contributed by atoms with van der Waals surface area (Å²) in [4.78, 5) is 22.2. The van der Waals surface area contributed by atoms with Crippen LogP contribution in [-0.2, 0) is 0 Å². The number of rotatable bonds is 1. The van der Waals surface area contributed by atoms with E-state index in [9.17, 15) is 0 Å². The van der Waals surface area contributed by atoms with Crippen molar-refractivity contribution in [2.24, 2.45) is 0 Å². The van der Waals surface area contributed by atoms with E-state index >= 15 is 0 Å². The first-order chi connectivity index (χ1) is 16.0. The molecular formula is C26H27N7. The lowest BCUT2D eigenvalue weighted by Gasteiger charge is -2.42. The first-order valence-electron chi connectivity index (χ1n) is 11.3. The van der Waals surface area contributed by atoms with Crippen LogP contribution in [0.25, 0.3) is 38.6 Å². The minimum Gasteiger partial charge on any atom is -0.391 e. The largest absolute Gasteiger partial charge is 0.391 e. The molecule has 6 bridgehead atoms. The van der Waals surface area contributed by atoms with Crippen LogP contribution in [-0.4, -0.2) is 64.6 Å². The number of aromatic nitrogens is 4. The van der Waals surface area contributed by atoms with E-state index in [0.717, 1.165) is 80.9 Å². The number of likely N-dealkylation sites (N-methyl/N-ethyl adjacent to an activating group) is 1. The third-order valence-electron chi connectivity index (χ3n) is 7.17. The zero-order chi connectivity index (χ0) is 22.7. The van der Waals surface area contributed by atoms with E-state index in [0.29, 0.717) is 0 Å². The summed E-state index contributed by atoms with van der Waals surface area (Å²) in [6, 6.07) is 8.83. The molecule has 1 unspecified atom stereocenters. The van der Waals surface area contributed by atoms with E-state index in [-0.39, 0.29) is 6.04 Å². The fraction of sp³-hybridized carbons (Fsp3) is 0.269. The van der Waals surface area contributed by atoms with Crippen LogP contribution in [0, 0.1) is 0 Å². The molecule has 1 aromatic carbocycles. The molecule has 166 valence electrons. The molecule has 33 heavy (non-hydrogen) atoms. The van der Waals surface area contributed by atoms with Gasteiger partial charge in [-0.2, -0.15) is 0 Å². The summed E-state index contributed by atoms with van der Waals surface area (Å²) in [6.45, 7) is 9.38. The fourth-order valence-corrected chi connectivity index (χ4v) is 5.22. The molecule has 2 aliphatic heterocycles. The van der Waals surface area contributed by atoms with Gasteiger partial charge in [-0.1, -0.05) is 12.6 Å². The Morgan fingerprint density at radius 2 is 1.97 bits per heavy atom. The summed E-state index contributed by atoms with van der Waals surface area (Å²) in [5.74, 6) is 0.986. The highest BCUT2D eigenvalue weighted by atomic mass is 15.3. The molecule has 1 fully saturated rings. The Balaban J connectivity index is 1.70. The van der Waals surface area contributed by atoms with Crippen LogP contribution < -0.4 is 10.2 Å². The number of allylic oxidation sites excluding steroid dienone is 1. The zero-order valence-corrected chi connectivity index (χ0v) is 19.2. The predicted octanol–water partition coefficient (Wildman–Crippen LogP) is 3.81. The maximum absolute atomic E-state index is 4.77. The van der Waals surface area contributed by atoms with Gasteiger partial charge in [0.2, 0.25) is 0 Å². The summed E-state index contributed by atoms with van der Waals surface area (Å²) < 4.78 is 0. The number of piperazine rings is 1. The summed E-state index contributed by atoms with van der Waals surface area (Å²) in [6.07, 6.45) is 5.67. The van der Waals surface area contributed by atoms with Crippen LogP contribution in [0.1, 0.15) is 12.5 Å². The standard InChI is InChI=1S/C26H27N7/c1-15-23-13-33(8-7-32(23)4)26-20-9-17(5-6-22(20)30-14-31-26)21-12-29-25-19(21)10-18(11-28-25)24(15)16(2)27-3/h5-6,9-12,14,23,27H,1,7-8,13H2,2-4H3,(H,28,29)/b24-16+. The van der Waals surface area contributed by atoms with Gasteiger partial charge in [0.05, 0.1) is 11.6 Å². The number of aromatic amines is 1. The van der Waals surface area contributed by atoms with Crippen LogP contribution in [0.2, 0.25) is 0 Å². The third-order valence-corrected chi connectivity index (χ3v) is 7.17. The van der Waals surface area contributed by atoms with E-state index in [1.54, 1.807) is 6.33 Å². The monoisotopic (exact) mass is 437 g/mol. The molecule has 2 N–H and O–H groups in total. The highest BCUT2D eigenvalue weighted by Crippen LogP contribution is 2.37. The molecule has 3 aromatic heterocycles. The van der Waals surface area contributed by atoms with E-state index < -0.39 is 0 Å². The average molecular weight is 438 g/mol. The van der Waals surface area contributed by atoms with Gasteiger partial charge >= 0.3 is 0 Å². The van der Waals surface area contributed by atoms with Gasteiger partial charge in [0.25, 0.3) is 0 Å². The van der Waals surface area contributed by atoms with Crippen LogP contribution in [0.5, 0.6) is 0 Å². The number of hydrogen-bond donors (Lipinski definition) is 2. The van der Waals surface area contributed by atoms with Crippen molar-refractivity contribution in [2.45, 2.75) is 13.0 Å². The van der Waals surface area contributed by atoms with Crippen LogP contribution >= 0.6 is 0 Å². The van der Waals surface area contributed by atoms with Crippen molar-refractivity contribution in [1.29, 1.82) is 0 Å². The van der Waals surface area contributed by atoms with Crippen molar-refractivity contribution in [3.63, 3.8) is 0 Å². The first kappa shape index (κ1) is 19.9. The summed E-state index contributed by atoms with van der Waals surface area (Å²) in [5.41, 5.74) is 8.45. The molecule has 0 saturated carbocycles. The first-order valence-corrected chi connectivity index (χ1v) is 11.3. The number of pyridine rings is 1. The minimum atomic E-state index is 0.146. The molecular weight excluding hydrogens is 410 g/mol. The van der Waals surface area contributed by atoms with Crippen molar-refractivity contribution < 1.29 is 0 Å². The van der Waals surface area contributed by atoms with Gasteiger partial charge < -0.3 is 15.2 Å². The highest BCUT2D eigenvalue weighted by Gasteiger charge is 2.31. The topological polar surface area (TPSA) is 73.0 Å². The second kappa shape index (κ2) is 7.42. The molecule has 4 aromatic rings. The number of anilines is 1. The SMILES string of the molecule is C=C1/C(=C(/C)NC)c2cnc3[nH]cc(c3c2)-c2ccc3ncnc(c3c2)N2CCN(C)C1C2. The van der Waals surface area contributed by atoms with Gasteiger partial charge in [-0.05, 0) is 43.3 Å². The maximum Gasteiger partial charge on any atom is 0.140 e. The molecule has 1 saturated heterocycles. The van der Waals surface area contributed by atoms with Crippen molar-refractivity contribution in [3.8, 4) is 11.1 Å². The van der Waals surface area contributed by atoms with Crippen LogP contribution in [0.15, 0.2) is 60.8 Å². The highest BCUT2D eigenvalue weighted by molar-refractivity contribution is 6.00. The Labute approximate surface area is 192 Å². The second-order valence-electron chi connectivity index (χ2n) is 8.97. The van der Waals surface area contributed by atoms with E-state index in [1.165, 1.54) is 0 Å². The Kier molecular flexibility index (Phi) is 4.48. The molecule has 5 heterocycles. The lowest BCUT2D eigenvalue weighted by Crippen LogP contribution is -2.52. The normalized spacial score (nSPS) is 20.2. The molecule has 1 atom stereocenters. The molecule has 6 rings (SSSR count). The molecule has 7 nitrogen and oxygen atoms in total.